The molecule has 1 aromatic heterocycles. The van der Waals surface area contributed by atoms with Crippen LogP contribution in [0.25, 0.3) is 0 Å². The summed E-state index contributed by atoms with van der Waals surface area (Å²) in [7, 11) is -2.14. The molecule has 0 spiro atoms. The summed E-state index contributed by atoms with van der Waals surface area (Å²) in [6.07, 6.45) is 0.814. The van der Waals surface area contributed by atoms with Crippen molar-refractivity contribution in [3.8, 4) is 0 Å². The summed E-state index contributed by atoms with van der Waals surface area (Å²) in [4.78, 5) is 0.208. The van der Waals surface area contributed by atoms with Crippen molar-refractivity contribution in [2.75, 3.05) is 12.8 Å². The monoisotopic (exact) mass is 407 g/mol. The zero-order chi connectivity index (χ0) is 20.2. The molecular formula is C20H25NO6S. The van der Waals surface area contributed by atoms with Crippen molar-refractivity contribution in [1.29, 1.82) is 0 Å². The van der Waals surface area contributed by atoms with Crippen LogP contribution in [0.3, 0.4) is 0 Å². The molecule has 1 aromatic carbocycles. The second kappa shape index (κ2) is 6.67. The molecule has 2 aliphatic heterocycles. The van der Waals surface area contributed by atoms with E-state index in [-0.39, 0.29) is 10.6 Å². The van der Waals surface area contributed by atoms with Gasteiger partial charge in [-0.3, -0.25) is 0 Å². The number of benzene rings is 1. The summed E-state index contributed by atoms with van der Waals surface area (Å²) >= 11 is 0. The van der Waals surface area contributed by atoms with Crippen molar-refractivity contribution >= 4 is 9.84 Å². The molecule has 0 bridgehead atoms. The lowest BCUT2D eigenvalue weighted by Gasteiger charge is -2.46. The summed E-state index contributed by atoms with van der Waals surface area (Å²) in [6.45, 7) is 3.57. The average molecular weight is 407 g/mol. The van der Waals surface area contributed by atoms with E-state index in [0.29, 0.717) is 12.2 Å². The van der Waals surface area contributed by atoms with Gasteiger partial charge >= 0.3 is 0 Å². The van der Waals surface area contributed by atoms with Crippen molar-refractivity contribution in [1.82, 2.24) is 0 Å². The fraction of sp³-hybridized carbons (Fsp3) is 0.500. The highest BCUT2D eigenvalue weighted by atomic mass is 32.2. The van der Waals surface area contributed by atoms with E-state index < -0.39 is 44.6 Å². The molecule has 3 heterocycles. The van der Waals surface area contributed by atoms with E-state index in [1.165, 1.54) is 7.05 Å². The molecule has 0 aliphatic carbocycles. The highest BCUT2D eigenvalue weighted by Crippen LogP contribution is 2.45. The largest absolute Gasteiger partial charge is 0.632 e. The van der Waals surface area contributed by atoms with Crippen molar-refractivity contribution in [2.45, 2.75) is 55.2 Å². The number of likely N-dealkylation sites (N-methyl/N-ethyl adjacent to an activating group) is 1. The number of hydrogen-bond acceptors (Lipinski definition) is 6. The van der Waals surface area contributed by atoms with Gasteiger partial charge in [-0.05, 0) is 38.1 Å². The Hall–Kier alpha value is -1.71. The Bertz CT molecular complexity index is 923. The molecule has 8 heteroatoms. The van der Waals surface area contributed by atoms with E-state index in [9.17, 15) is 13.6 Å². The van der Waals surface area contributed by atoms with Gasteiger partial charge in [0.05, 0.1) is 24.6 Å². The number of quaternary nitrogens is 1. The Balaban J connectivity index is 1.67. The molecule has 4 rings (SSSR count). The summed E-state index contributed by atoms with van der Waals surface area (Å²) < 4.78 is 42.7. The number of likely N-dealkylation sites (tertiary alicyclic amines) is 1. The lowest BCUT2D eigenvalue weighted by molar-refractivity contribution is -0.898. The first-order chi connectivity index (χ1) is 13.1. The van der Waals surface area contributed by atoms with Gasteiger partial charge in [0.25, 0.3) is 0 Å². The van der Waals surface area contributed by atoms with Crippen LogP contribution in [-0.2, 0) is 25.7 Å². The fourth-order valence-electron chi connectivity index (χ4n) is 4.37. The lowest BCUT2D eigenvalue weighted by atomic mass is 10.0. The predicted molar refractivity (Wildman–Crippen MR) is 102 cm³/mol. The Morgan fingerprint density at radius 2 is 1.68 bits per heavy atom. The van der Waals surface area contributed by atoms with Gasteiger partial charge in [0.15, 0.2) is 15.6 Å². The van der Waals surface area contributed by atoms with Gasteiger partial charge in [-0.25, -0.2) is 8.42 Å². The highest BCUT2D eigenvalue weighted by molar-refractivity contribution is 7.91. The summed E-state index contributed by atoms with van der Waals surface area (Å²) in [6, 6.07) is 10.5. The maximum atomic E-state index is 13.7. The first-order valence-electron chi connectivity index (χ1n) is 9.33. The van der Waals surface area contributed by atoms with Gasteiger partial charge in [-0.1, -0.05) is 18.2 Å². The Kier molecular flexibility index (Phi) is 4.67. The van der Waals surface area contributed by atoms with Crippen LogP contribution in [0.4, 0.5) is 0 Å². The zero-order valence-corrected chi connectivity index (χ0v) is 17.0. The Morgan fingerprint density at radius 3 is 2.29 bits per heavy atom. The van der Waals surface area contributed by atoms with Crippen LogP contribution < -0.4 is 0 Å². The molecule has 0 N–H and O–H groups in total. The minimum absolute atomic E-state index is 0.208. The van der Waals surface area contributed by atoms with Crippen molar-refractivity contribution in [3.63, 3.8) is 0 Å². The Labute approximate surface area is 164 Å². The van der Waals surface area contributed by atoms with Gasteiger partial charge in [0.2, 0.25) is 0 Å². The third-order valence-corrected chi connectivity index (χ3v) is 7.49. The highest BCUT2D eigenvalue weighted by Gasteiger charge is 2.63. The van der Waals surface area contributed by atoms with Crippen LogP contribution in [-0.4, -0.2) is 55.9 Å². The third-order valence-electron chi connectivity index (χ3n) is 5.72. The van der Waals surface area contributed by atoms with E-state index in [0.717, 1.165) is 0 Å². The molecule has 2 aromatic rings. The van der Waals surface area contributed by atoms with Crippen LogP contribution >= 0.6 is 0 Å². The molecule has 28 heavy (non-hydrogen) atoms. The van der Waals surface area contributed by atoms with E-state index in [2.05, 4.69) is 0 Å². The van der Waals surface area contributed by atoms with Crippen LogP contribution in [0.15, 0.2) is 58.0 Å². The molecule has 5 atom stereocenters. The quantitative estimate of drug-likeness (QED) is 0.559. The molecule has 0 amide bonds. The van der Waals surface area contributed by atoms with Gasteiger partial charge in [0, 0.05) is 0 Å². The second-order valence-electron chi connectivity index (χ2n) is 8.14. The maximum Gasteiger partial charge on any atom is 0.184 e. The predicted octanol–water partition coefficient (Wildman–Crippen LogP) is 2.51. The number of sulfone groups is 1. The Morgan fingerprint density at radius 1 is 1.04 bits per heavy atom. The molecular weight excluding hydrogens is 382 g/mol. The van der Waals surface area contributed by atoms with Gasteiger partial charge < -0.3 is 23.7 Å². The summed E-state index contributed by atoms with van der Waals surface area (Å²) in [5.41, 5.74) is 0. The molecule has 0 radical (unpaired) electrons. The number of rotatable bonds is 5. The van der Waals surface area contributed by atoms with Crippen LogP contribution in [0.1, 0.15) is 19.6 Å². The average Bonchev–Trinajstić information content (AvgIpc) is 3.28. The van der Waals surface area contributed by atoms with E-state index >= 15 is 0 Å². The first-order valence-corrected chi connectivity index (χ1v) is 11.0. The van der Waals surface area contributed by atoms with Crippen molar-refractivity contribution < 1.29 is 27.0 Å². The molecule has 0 saturated carbocycles. The van der Waals surface area contributed by atoms with Gasteiger partial charge in [0.1, 0.15) is 35.8 Å². The topological polar surface area (TPSA) is 88.8 Å². The van der Waals surface area contributed by atoms with Gasteiger partial charge in [-0.15, -0.1) is 0 Å². The second-order valence-corrected chi connectivity index (χ2v) is 10.2. The van der Waals surface area contributed by atoms with Crippen molar-refractivity contribution in [2.24, 2.45) is 0 Å². The smallest absolute Gasteiger partial charge is 0.184 e. The summed E-state index contributed by atoms with van der Waals surface area (Å²) in [5.74, 6) is -0.498. The maximum absolute atomic E-state index is 13.7. The number of hydrogen-bond donors (Lipinski definition) is 0. The normalized spacial score (nSPS) is 34.4. The number of furan rings is 1. The molecule has 7 nitrogen and oxygen atoms in total. The van der Waals surface area contributed by atoms with Crippen molar-refractivity contribution in [3.05, 3.63) is 59.7 Å². The zero-order valence-electron chi connectivity index (χ0n) is 16.1. The fourth-order valence-corrected chi connectivity index (χ4v) is 6.07. The number of fused-ring (bicyclic) bond motifs is 1. The number of nitrogens with zero attached hydrogens (tertiary/aromatic N) is 1. The third kappa shape index (κ3) is 3.40. The minimum atomic E-state index is -3.65. The van der Waals surface area contributed by atoms with E-state index in [1.807, 2.05) is 6.07 Å². The van der Waals surface area contributed by atoms with E-state index in [1.54, 1.807) is 56.5 Å². The SMILES string of the molecule is CC1(C)O[C@@H]2[C@H](O1)[C@H](CS(=O)(=O)c1ccccc1)[N+](C)([O-])[C@@H]2Cc1ccco1. The minimum Gasteiger partial charge on any atom is -0.632 e. The number of hydroxylamine groups is 3. The van der Waals surface area contributed by atoms with Crippen LogP contribution in [0.2, 0.25) is 0 Å². The standard InChI is InChI=1S/C20H25NO6S/c1-20(2)26-18-16(12-14-8-7-11-25-14)21(3,22)17(19(18)27-20)13-28(23,24)15-9-5-4-6-10-15/h4-11,16-19H,12-13H2,1-3H3/t16-,17+,18+,19-,21?/m1/s1. The molecule has 2 fully saturated rings. The lowest BCUT2D eigenvalue weighted by Crippen LogP contribution is -2.55. The summed E-state index contributed by atoms with van der Waals surface area (Å²) in [5, 5.41) is 13.7. The van der Waals surface area contributed by atoms with Crippen LogP contribution in [0.5, 0.6) is 0 Å². The first kappa shape index (κ1) is 19.6. The van der Waals surface area contributed by atoms with Gasteiger partial charge in [-0.2, -0.15) is 0 Å². The molecule has 2 aliphatic rings. The molecule has 2 saturated heterocycles. The molecule has 1 unspecified atom stereocenters. The molecule has 152 valence electrons. The van der Waals surface area contributed by atoms with Crippen LogP contribution in [0, 0.1) is 5.21 Å². The number of ether oxygens (including phenoxy) is 2. The van der Waals surface area contributed by atoms with E-state index in [4.69, 9.17) is 13.9 Å².